The van der Waals surface area contributed by atoms with Crippen LogP contribution in [0.3, 0.4) is 0 Å². The molecule has 29 heavy (non-hydrogen) atoms. The monoisotopic (exact) mass is 417 g/mol. The minimum absolute atomic E-state index is 0.130. The second-order valence-electron chi connectivity index (χ2n) is 6.24. The molecular formula is C19H14ClF2N5O2. The summed E-state index contributed by atoms with van der Waals surface area (Å²) in [7, 11) is 0. The molecule has 1 fully saturated rings. The van der Waals surface area contributed by atoms with Crippen molar-refractivity contribution in [3.63, 3.8) is 0 Å². The maximum atomic E-state index is 13.5. The van der Waals surface area contributed by atoms with Crippen molar-refractivity contribution in [3.8, 4) is 5.75 Å². The van der Waals surface area contributed by atoms with Crippen molar-refractivity contribution >= 4 is 29.1 Å². The maximum absolute atomic E-state index is 13.5. The zero-order valence-corrected chi connectivity index (χ0v) is 15.6. The molecule has 1 amide bonds. The predicted molar refractivity (Wildman–Crippen MR) is 102 cm³/mol. The Labute approximate surface area is 169 Å². The van der Waals surface area contributed by atoms with Crippen molar-refractivity contribution < 1.29 is 18.3 Å². The van der Waals surface area contributed by atoms with Crippen molar-refractivity contribution in [1.82, 2.24) is 15.0 Å². The summed E-state index contributed by atoms with van der Waals surface area (Å²) in [5.41, 5.74) is 0.146. The number of halogens is 3. The van der Waals surface area contributed by atoms with Crippen molar-refractivity contribution in [2.75, 3.05) is 23.3 Å². The molecule has 7 nitrogen and oxygen atoms in total. The van der Waals surface area contributed by atoms with Crippen LogP contribution in [0.5, 0.6) is 5.75 Å². The van der Waals surface area contributed by atoms with Gasteiger partial charge in [-0.3, -0.25) is 4.79 Å². The molecule has 2 aromatic heterocycles. The van der Waals surface area contributed by atoms with E-state index in [1.807, 2.05) is 0 Å². The van der Waals surface area contributed by atoms with Gasteiger partial charge in [-0.2, -0.15) is 0 Å². The Hall–Kier alpha value is -3.33. The van der Waals surface area contributed by atoms with Gasteiger partial charge in [-0.05, 0) is 12.1 Å². The molecule has 0 bridgehead atoms. The van der Waals surface area contributed by atoms with Gasteiger partial charge < -0.3 is 15.0 Å². The summed E-state index contributed by atoms with van der Waals surface area (Å²) < 4.78 is 32.4. The third-order valence-electron chi connectivity index (χ3n) is 4.21. The number of benzene rings is 1. The Kier molecular flexibility index (Phi) is 5.22. The zero-order valence-electron chi connectivity index (χ0n) is 14.8. The third-order valence-corrected chi connectivity index (χ3v) is 4.48. The average molecular weight is 418 g/mol. The highest BCUT2D eigenvalue weighted by atomic mass is 35.5. The Morgan fingerprint density at radius 3 is 2.66 bits per heavy atom. The lowest BCUT2D eigenvalue weighted by Gasteiger charge is -2.40. The van der Waals surface area contributed by atoms with Crippen LogP contribution in [-0.4, -0.2) is 40.1 Å². The number of hydrogen-bond donors (Lipinski definition) is 1. The molecule has 0 spiro atoms. The molecule has 0 aliphatic carbocycles. The molecule has 0 unspecified atom stereocenters. The number of nitrogens with one attached hydrogen (secondary N) is 1. The van der Waals surface area contributed by atoms with E-state index < -0.39 is 17.5 Å². The number of aromatic nitrogens is 3. The van der Waals surface area contributed by atoms with E-state index in [1.54, 1.807) is 29.3 Å². The summed E-state index contributed by atoms with van der Waals surface area (Å²) in [6.07, 6.45) is 4.17. The predicted octanol–water partition coefficient (Wildman–Crippen LogP) is 3.32. The molecule has 10 heteroatoms. The second-order valence-corrected chi connectivity index (χ2v) is 6.65. The standard InChI is InChI=1S/C19H14ClF2N5O2/c20-13-7-11(8-14(21)16(13)22)29-12-9-27(10-12)18-17(24-5-6-25-18)19(28)26-15-3-1-2-4-23-15/h1-8,12H,9-10H2,(H,23,26,28). The molecule has 1 N–H and O–H groups in total. The van der Waals surface area contributed by atoms with Crippen LogP contribution < -0.4 is 15.0 Å². The maximum Gasteiger partial charge on any atom is 0.279 e. The lowest BCUT2D eigenvalue weighted by atomic mass is 10.1. The Morgan fingerprint density at radius 1 is 1.14 bits per heavy atom. The van der Waals surface area contributed by atoms with Gasteiger partial charge in [0.15, 0.2) is 23.1 Å². The van der Waals surface area contributed by atoms with Crippen LogP contribution in [0.2, 0.25) is 5.02 Å². The molecular weight excluding hydrogens is 404 g/mol. The van der Waals surface area contributed by atoms with Crippen LogP contribution in [0.4, 0.5) is 20.4 Å². The summed E-state index contributed by atoms with van der Waals surface area (Å²) in [6, 6.07) is 7.31. The number of ether oxygens (including phenoxy) is 1. The minimum atomic E-state index is -1.11. The average Bonchev–Trinajstić information content (AvgIpc) is 2.69. The van der Waals surface area contributed by atoms with E-state index >= 15 is 0 Å². The van der Waals surface area contributed by atoms with Gasteiger partial charge in [0.05, 0.1) is 18.1 Å². The Morgan fingerprint density at radius 2 is 1.93 bits per heavy atom. The number of carbonyl (C=O) groups is 1. The van der Waals surface area contributed by atoms with Crippen LogP contribution in [0.25, 0.3) is 0 Å². The first-order valence-corrected chi connectivity index (χ1v) is 8.98. The first-order valence-electron chi connectivity index (χ1n) is 8.61. The van der Waals surface area contributed by atoms with E-state index in [1.165, 1.54) is 18.5 Å². The summed E-state index contributed by atoms with van der Waals surface area (Å²) in [5, 5.41) is 2.32. The quantitative estimate of drug-likeness (QED) is 0.641. The van der Waals surface area contributed by atoms with Crippen molar-refractivity contribution in [2.24, 2.45) is 0 Å². The fraction of sp³-hybridized carbons (Fsp3) is 0.158. The molecule has 1 aliphatic rings. The smallest absolute Gasteiger partial charge is 0.279 e. The number of carbonyl (C=O) groups excluding carboxylic acids is 1. The highest BCUT2D eigenvalue weighted by Gasteiger charge is 2.33. The highest BCUT2D eigenvalue weighted by Crippen LogP contribution is 2.28. The largest absolute Gasteiger partial charge is 0.487 e. The number of pyridine rings is 1. The van der Waals surface area contributed by atoms with Crippen LogP contribution in [0.1, 0.15) is 10.5 Å². The molecule has 4 rings (SSSR count). The van der Waals surface area contributed by atoms with Crippen molar-refractivity contribution in [1.29, 1.82) is 0 Å². The van der Waals surface area contributed by atoms with Crippen LogP contribution in [0.15, 0.2) is 48.9 Å². The van der Waals surface area contributed by atoms with E-state index in [0.29, 0.717) is 24.7 Å². The van der Waals surface area contributed by atoms with Crippen molar-refractivity contribution in [2.45, 2.75) is 6.10 Å². The molecule has 1 saturated heterocycles. The number of amides is 1. The molecule has 0 saturated carbocycles. The Balaban J connectivity index is 1.43. The molecule has 0 atom stereocenters. The Bertz CT molecular complexity index is 1020. The van der Waals surface area contributed by atoms with E-state index in [9.17, 15) is 13.6 Å². The number of hydrogen-bond acceptors (Lipinski definition) is 6. The summed E-state index contributed by atoms with van der Waals surface area (Å²) >= 11 is 5.64. The van der Waals surface area contributed by atoms with Gasteiger partial charge in [-0.25, -0.2) is 23.7 Å². The molecule has 1 aliphatic heterocycles. The van der Waals surface area contributed by atoms with Gasteiger partial charge >= 0.3 is 0 Å². The second kappa shape index (κ2) is 7.96. The van der Waals surface area contributed by atoms with Crippen LogP contribution >= 0.6 is 11.6 Å². The summed E-state index contributed by atoms with van der Waals surface area (Å²) in [5.74, 6) is -1.71. The zero-order chi connectivity index (χ0) is 20.4. The molecule has 148 valence electrons. The van der Waals surface area contributed by atoms with E-state index in [2.05, 4.69) is 20.3 Å². The van der Waals surface area contributed by atoms with Gasteiger partial charge in [0.1, 0.15) is 17.7 Å². The van der Waals surface area contributed by atoms with E-state index in [0.717, 1.165) is 6.07 Å². The molecule has 3 aromatic rings. The van der Waals surface area contributed by atoms with Crippen LogP contribution in [-0.2, 0) is 0 Å². The van der Waals surface area contributed by atoms with Crippen molar-refractivity contribution in [3.05, 3.63) is 71.3 Å². The topological polar surface area (TPSA) is 80.2 Å². The minimum Gasteiger partial charge on any atom is -0.487 e. The fourth-order valence-corrected chi connectivity index (χ4v) is 3.01. The number of anilines is 2. The van der Waals surface area contributed by atoms with Crippen LogP contribution in [0, 0.1) is 11.6 Å². The lowest BCUT2D eigenvalue weighted by Crippen LogP contribution is -2.54. The fourth-order valence-electron chi connectivity index (χ4n) is 2.81. The van der Waals surface area contributed by atoms with Gasteiger partial charge in [0, 0.05) is 30.7 Å². The number of rotatable bonds is 5. The molecule has 1 aromatic carbocycles. The summed E-state index contributed by atoms with van der Waals surface area (Å²) in [4.78, 5) is 26.8. The number of nitrogens with zero attached hydrogens (tertiary/aromatic N) is 4. The SMILES string of the molecule is O=C(Nc1ccccn1)c1nccnc1N1CC(Oc2cc(F)c(F)c(Cl)c2)C1. The van der Waals surface area contributed by atoms with Gasteiger partial charge in [0.25, 0.3) is 5.91 Å². The lowest BCUT2D eigenvalue weighted by molar-refractivity contribution is 0.102. The third kappa shape index (κ3) is 4.09. The van der Waals surface area contributed by atoms with Gasteiger partial charge in [-0.1, -0.05) is 17.7 Å². The van der Waals surface area contributed by atoms with Gasteiger partial charge in [-0.15, -0.1) is 0 Å². The van der Waals surface area contributed by atoms with Gasteiger partial charge in [0.2, 0.25) is 0 Å². The van der Waals surface area contributed by atoms with E-state index in [4.69, 9.17) is 16.3 Å². The normalized spacial score (nSPS) is 13.7. The first kappa shape index (κ1) is 19.0. The first-order chi connectivity index (χ1) is 14.0. The highest BCUT2D eigenvalue weighted by molar-refractivity contribution is 6.30. The molecule has 0 radical (unpaired) electrons. The summed E-state index contributed by atoms with van der Waals surface area (Å²) in [6.45, 7) is 0.776. The van der Waals surface area contributed by atoms with E-state index in [-0.39, 0.29) is 22.6 Å². The molecule has 3 heterocycles.